The average Bonchev–Trinajstić information content (AvgIpc) is 3.39. The van der Waals surface area contributed by atoms with Gasteiger partial charge in [0.15, 0.2) is 5.11 Å². The van der Waals surface area contributed by atoms with E-state index >= 15 is 0 Å². The van der Waals surface area contributed by atoms with Crippen LogP contribution >= 0.6 is 12.2 Å². The van der Waals surface area contributed by atoms with Crippen LogP contribution in [-0.4, -0.2) is 37.6 Å². The monoisotopic (exact) mass is 497 g/mol. The van der Waals surface area contributed by atoms with Crippen molar-refractivity contribution >= 4 is 23.3 Å². The van der Waals surface area contributed by atoms with E-state index in [-0.39, 0.29) is 18.1 Å². The number of aryl methyl sites for hydroxylation is 1. The standard InChI is InChI=1S/C28H27N5O2S/c1-18-15-23(19(2)33(18)22-11-9-21(10-12-22)27(34)35-3)26-25(24-8-4-5-14-30-24)31-28(36)32(26)17-20-7-6-13-29-16-20/h4-16,25-26H,17H2,1-3H3,(H,31,36)/t25-,26+/m1/s1. The van der Waals surface area contributed by atoms with Gasteiger partial charge in [0.05, 0.1) is 30.5 Å². The number of nitrogens with zero attached hydrogens (tertiary/aromatic N) is 4. The number of hydrogen-bond acceptors (Lipinski definition) is 5. The Balaban J connectivity index is 1.58. The third-order valence-electron chi connectivity index (χ3n) is 6.61. The molecular weight excluding hydrogens is 470 g/mol. The number of esters is 1. The highest BCUT2D eigenvalue weighted by molar-refractivity contribution is 7.80. The first-order chi connectivity index (χ1) is 17.5. The lowest BCUT2D eigenvalue weighted by atomic mass is 9.96. The molecule has 0 unspecified atom stereocenters. The Morgan fingerprint density at radius 3 is 2.56 bits per heavy atom. The van der Waals surface area contributed by atoms with E-state index in [9.17, 15) is 4.79 Å². The number of pyridine rings is 2. The van der Waals surface area contributed by atoms with Crippen LogP contribution in [0.1, 0.15) is 50.7 Å². The van der Waals surface area contributed by atoms with Gasteiger partial charge in [-0.1, -0.05) is 12.1 Å². The molecule has 1 fully saturated rings. The minimum absolute atomic E-state index is 0.0677. The second kappa shape index (κ2) is 9.91. The zero-order valence-corrected chi connectivity index (χ0v) is 21.2. The van der Waals surface area contributed by atoms with Crippen molar-refractivity contribution in [2.24, 2.45) is 0 Å². The van der Waals surface area contributed by atoms with Gasteiger partial charge >= 0.3 is 5.97 Å². The van der Waals surface area contributed by atoms with Crippen molar-refractivity contribution < 1.29 is 9.53 Å². The molecule has 0 amide bonds. The van der Waals surface area contributed by atoms with E-state index in [0.717, 1.165) is 33.9 Å². The second-order valence-electron chi connectivity index (χ2n) is 8.82. The Labute approximate surface area is 215 Å². The lowest BCUT2D eigenvalue weighted by molar-refractivity contribution is 0.0600. The second-order valence-corrected chi connectivity index (χ2v) is 9.20. The van der Waals surface area contributed by atoms with Crippen molar-refractivity contribution in [3.05, 3.63) is 113 Å². The van der Waals surface area contributed by atoms with Crippen molar-refractivity contribution in [1.29, 1.82) is 0 Å². The molecule has 1 aromatic carbocycles. The van der Waals surface area contributed by atoms with E-state index in [2.05, 4.69) is 50.7 Å². The molecule has 0 saturated carbocycles. The average molecular weight is 498 g/mol. The van der Waals surface area contributed by atoms with E-state index < -0.39 is 0 Å². The van der Waals surface area contributed by atoms with Crippen LogP contribution in [0, 0.1) is 13.8 Å². The number of benzene rings is 1. The molecule has 1 aliphatic heterocycles. The van der Waals surface area contributed by atoms with Gasteiger partial charge in [-0.05, 0) is 85.7 Å². The smallest absolute Gasteiger partial charge is 0.337 e. The highest BCUT2D eigenvalue weighted by atomic mass is 32.1. The van der Waals surface area contributed by atoms with Crippen LogP contribution in [0.3, 0.4) is 0 Å². The van der Waals surface area contributed by atoms with E-state index in [0.29, 0.717) is 17.2 Å². The molecule has 0 radical (unpaired) electrons. The first kappa shape index (κ1) is 23.7. The Morgan fingerprint density at radius 1 is 1.08 bits per heavy atom. The molecule has 4 aromatic rings. The van der Waals surface area contributed by atoms with Crippen LogP contribution in [0.4, 0.5) is 0 Å². The third-order valence-corrected chi connectivity index (χ3v) is 6.96. The predicted molar refractivity (Wildman–Crippen MR) is 142 cm³/mol. The van der Waals surface area contributed by atoms with Crippen LogP contribution in [-0.2, 0) is 11.3 Å². The number of ether oxygens (including phenoxy) is 1. The molecule has 1 saturated heterocycles. The largest absolute Gasteiger partial charge is 0.465 e. The van der Waals surface area contributed by atoms with Crippen LogP contribution < -0.4 is 5.32 Å². The molecule has 0 spiro atoms. The maximum absolute atomic E-state index is 11.9. The zero-order chi connectivity index (χ0) is 25.2. The number of thiocarbonyl (C=S) groups is 1. The fourth-order valence-electron chi connectivity index (χ4n) is 4.95. The summed E-state index contributed by atoms with van der Waals surface area (Å²) < 4.78 is 7.05. The van der Waals surface area contributed by atoms with E-state index in [4.69, 9.17) is 17.0 Å². The molecule has 1 aliphatic rings. The molecule has 0 bridgehead atoms. The topological polar surface area (TPSA) is 72.3 Å². The molecule has 3 aromatic heterocycles. The quantitative estimate of drug-likeness (QED) is 0.302. The molecular formula is C28H27N5O2S. The van der Waals surface area contributed by atoms with Crippen molar-refractivity contribution in [2.45, 2.75) is 32.5 Å². The number of aromatic nitrogens is 3. The molecule has 0 aliphatic carbocycles. The maximum atomic E-state index is 11.9. The molecule has 7 nitrogen and oxygen atoms in total. The van der Waals surface area contributed by atoms with Crippen molar-refractivity contribution in [1.82, 2.24) is 24.8 Å². The summed E-state index contributed by atoms with van der Waals surface area (Å²) in [6, 6.07) is 19.5. The van der Waals surface area contributed by atoms with Crippen LogP contribution in [0.15, 0.2) is 79.3 Å². The predicted octanol–water partition coefficient (Wildman–Crippen LogP) is 4.84. The summed E-state index contributed by atoms with van der Waals surface area (Å²) in [5, 5.41) is 4.21. The van der Waals surface area contributed by atoms with Gasteiger partial charge in [0.1, 0.15) is 0 Å². The summed E-state index contributed by atoms with van der Waals surface area (Å²) in [5.74, 6) is -0.349. The lowest BCUT2D eigenvalue weighted by Crippen LogP contribution is -2.29. The molecule has 4 heterocycles. The molecule has 1 N–H and O–H groups in total. The normalized spacial score (nSPS) is 17.2. The van der Waals surface area contributed by atoms with Gasteiger partial charge in [-0.2, -0.15) is 0 Å². The van der Waals surface area contributed by atoms with Crippen LogP contribution in [0.5, 0.6) is 0 Å². The Bertz CT molecular complexity index is 1390. The number of methoxy groups -OCH3 is 1. The maximum Gasteiger partial charge on any atom is 0.337 e. The number of carbonyl (C=O) groups excluding carboxylic acids is 1. The molecule has 182 valence electrons. The van der Waals surface area contributed by atoms with E-state index in [1.165, 1.54) is 7.11 Å². The fraction of sp³-hybridized carbons (Fsp3) is 0.214. The van der Waals surface area contributed by atoms with Gasteiger partial charge in [0.25, 0.3) is 0 Å². The summed E-state index contributed by atoms with van der Waals surface area (Å²) in [6.07, 6.45) is 5.46. The van der Waals surface area contributed by atoms with E-state index in [1.54, 1.807) is 18.3 Å². The minimum atomic E-state index is -0.349. The Hall–Kier alpha value is -4.04. The number of rotatable bonds is 6. The number of hydrogen-bond donors (Lipinski definition) is 1. The first-order valence-electron chi connectivity index (χ1n) is 11.7. The number of nitrogens with one attached hydrogen (secondary N) is 1. The summed E-state index contributed by atoms with van der Waals surface area (Å²) >= 11 is 5.84. The lowest BCUT2D eigenvalue weighted by Gasteiger charge is -2.28. The SMILES string of the molecule is COC(=O)c1ccc(-n2c(C)cc([C@H]3[C@@H](c4ccccn4)NC(=S)N3Cc3cccnc3)c2C)cc1. The van der Waals surface area contributed by atoms with E-state index in [1.807, 2.05) is 48.8 Å². The molecule has 2 atom stereocenters. The number of carbonyl (C=O) groups is 1. The molecule has 8 heteroatoms. The summed E-state index contributed by atoms with van der Waals surface area (Å²) in [7, 11) is 1.39. The third kappa shape index (κ3) is 4.35. The molecule has 36 heavy (non-hydrogen) atoms. The highest BCUT2D eigenvalue weighted by Crippen LogP contribution is 2.42. The summed E-state index contributed by atoms with van der Waals surface area (Å²) in [4.78, 5) is 23.1. The summed E-state index contributed by atoms with van der Waals surface area (Å²) in [5.41, 5.74) is 6.87. The fourth-order valence-corrected chi connectivity index (χ4v) is 5.26. The van der Waals surface area contributed by atoms with Gasteiger partial charge in [-0.3, -0.25) is 9.97 Å². The van der Waals surface area contributed by atoms with Crippen molar-refractivity contribution in [3.8, 4) is 5.69 Å². The van der Waals surface area contributed by atoms with Crippen LogP contribution in [0.25, 0.3) is 5.69 Å². The van der Waals surface area contributed by atoms with Crippen molar-refractivity contribution in [2.75, 3.05) is 7.11 Å². The Kier molecular flexibility index (Phi) is 6.52. The Morgan fingerprint density at radius 2 is 1.89 bits per heavy atom. The van der Waals surface area contributed by atoms with Gasteiger partial charge < -0.3 is 19.5 Å². The first-order valence-corrected chi connectivity index (χ1v) is 12.1. The van der Waals surface area contributed by atoms with Gasteiger partial charge in [0, 0.05) is 42.2 Å². The molecule has 5 rings (SSSR count). The van der Waals surface area contributed by atoms with Gasteiger partial charge in [0.2, 0.25) is 0 Å². The van der Waals surface area contributed by atoms with Crippen molar-refractivity contribution in [3.63, 3.8) is 0 Å². The highest BCUT2D eigenvalue weighted by Gasteiger charge is 2.41. The zero-order valence-electron chi connectivity index (χ0n) is 20.4. The van der Waals surface area contributed by atoms with Crippen LogP contribution in [0.2, 0.25) is 0 Å². The van der Waals surface area contributed by atoms with Gasteiger partial charge in [-0.25, -0.2) is 4.79 Å². The summed E-state index contributed by atoms with van der Waals surface area (Å²) in [6.45, 7) is 4.84. The minimum Gasteiger partial charge on any atom is -0.465 e. The van der Waals surface area contributed by atoms with Gasteiger partial charge in [-0.15, -0.1) is 0 Å².